The van der Waals surface area contributed by atoms with Crippen molar-refractivity contribution in [1.29, 1.82) is 0 Å². The van der Waals surface area contributed by atoms with Crippen molar-refractivity contribution in [3.8, 4) is 5.75 Å². The molecule has 0 aliphatic carbocycles. The van der Waals surface area contributed by atoms with Crippen LogP contribution in [-0.2, 0) is 11.3 Å². The first-order chi connectivity index (χ1) is 14.3. The lowest BCUT2D eigenvalue weighted by Crippen LogP contribution is -2.36. The maximum absolute atomic E-state index is 12.4. The number of hydrogen-bond donors (Lipinski definition) is 4. The highest BCUT2D eigenvalue weighted by atomic mass is 32.2. The Morgan fingerprint density at radius 2 is 2.07 bits per heavy atom. The van der Waals surface area contributed by atoms with Gasteiger partial charge in [-0.25, -0.2) is 4.79 Å². The fourth-order valence-corrected chi connectivity index (χ4v) is 5.55. The maximum atomic E-state index is 12.4. The SMILES string of the molecule is CN(CCN(C)C(=O)CCCCC1SCC2NC(=O)NC21)Cc1cc(N)ccc1O. The van der Waals surface area contributed by atoms with Gasteiger partial charge in [0.25, 0.3) is 0 Å². The van der Waals surface area contributed by atoms with Crippen molar-refractivity contribution < 1.29 is 14.7 Å². The zero-order valence-electron chi connectivity index (χ0n) is 17.8. The van der Waals surface area contributed by atoms with Crippen LogP contribution in [0.5, 0.6) is 5.75 Å². The normalized spacial score (nSPS) is 22.6. The molecule has 2 heterocycles. The predicted octanol–water partition coefficient (Wildman–Crippen LogP) is 1.59. The van der Waals surface area contributed by atoms with Gasteiger partial charge in [0.2, 0.25) is 5.91 Å². The molecule has 1 aromatic carbocycles. The van der Waals surface area contributed by atoms with Crippen molar-refractivity contribution in [2.24, 2.45) is 0 Å². The molecule has 1 aromatic rings. The Labute approximate surface area is 182 Å². The van der Waals surface area contributed by atoms with Crippen molar-refractivity contribution in [3.63, 3.8) is 0 Å². The number of aromatic hydroxyl groups is 1. The van der Waals surface area contributed by atoms with Gasteiger partial charge in [-0.2, -0.15) is 11.8 Å². The summed E-state index contributed by atoms with van der Waals surface area (Å²) >= 11 is 1.91. The number of nitrogens with one attached hydrogen (secondary N) is 2. The van der Waals surface area contributed by atoms with Gasteiger partial charge in [-0.05, 0) is 38.1 Å². The van der Waals surface area contributed by atoms with E-state index in [-0.39, 0.29) is 29.8 Å². The zero-order valence-corrected chi connectivity index (χ0v) is 18.6. The van der Waals surface area contributed by atoms with Gasteiger partial charge in [0.05, 0.1) is 12.1 Å². The van der Waals surface area contributed by atoms with Gasteiger partial charge in [0.1, 0.15) is 5.75 Å². The molecule has 5 N–H and O–H groups in total. The van der Waals surface area contributed by atoms with Crippen LogP contribution in [0.25, 0.3) is 0 Å². The zero-order chi connectivity index (χ0) is 21.7. The number of phenolic OH excluding ortho intramolecular Hbond substituents is 1. The Morgan fingerprint density at radius 1 is 1.27 bits per heavy atom. The number of fused-ring (bicyclic) bond motifs is 1. The molecule has 0 spiro atoms. The quantitative estimate of drug-likeness (QED) is 0.192. The van der Waals surface area contributed by atoms with E-state index in [4.69, 9.17) is 5.73 Å². The molecular formula is C21H33N5O3S. The molecule has 9 heteroatoms. The van der Waals surface area contributed by atoms with Crippen molar-refractivity contribution in [2.45, 2.75) is 49.6 Å². The van der Waals surface area contributed by atoms with Crippen molar-refractivity contribution in [1.82, 2.24) is 20.4 Å². The number of nitrogens with two attached hydrogens (primary N) is 1. The number of phenols is 1. The summed E-state index contributed by atoms with van der Waals surface area (Å²) in [5.41, 5.74) is 7.20. The van der Waals surface area contributed by atoms with E-state index < -0.39 is 0 Å². The van der Waals surface area contributed by atoms with Crippen molar-refractivity contribution in [3.05, 3.63) is 23.8 Å². The second kappa shape index (κ2) is 10.3. The molecule has 166 valence electrons. The third kappa shape index (κ3) is 5.95. The number of carbonyl (C=O) groups excluding carboxylic acids is 2. The van der Waals surface area contributed by atoms with E-state index in [1.807, 2.05) is 25.9 Å². The summed E-state index contributed by atoms with van der Waals surface area (Å²) in [6.07, 6.45) is 3.43. The van der Waals surface area contributed by atoms with Gasteiger partial charge < -0.3 is 31.3 Å². The number of nitrogen functional groups attached to an aromatic ring is 1. The minimum Gasteiger partial charge on any atom is -0.508 e. The molecule has 2 saturated heterocycles. The number of rotatable bonds is 10. The summed E-state index contributed by atoms with van der Waals surface area (Å²) in [5, 5.41) is 16.4. The first-order valence-corrected chi connectivity index (χ1v) is 11.6. The minimum absolute atomic E-state index is 0.0528. The molecule has 3 unspecified atom stereocenters. The summed E-state index contributed by atoms with van der Waals surface area (Å²) in [6, 6.07) is 5.49. The van der Waals surface area contributed by atoms with Crippen LogP contribution in [0.15, 0.2) is 18.2 Å². The Bertz CT molecular complexity index is 762. The topological polar surface area (TPSA) is 111 Å². The summed E-state index contributed by atoms with van der Waals surface area (Å²) in [6.45, 7) is 1.93. The molecule has 30 heavy (non-hydrogen) atoms. The standard InChI is InChI=1S/C21H33N5O3S/c1-25(12-14-11-15(22)7-8-17(14)27)9-10-26(2)19(28)6-4-3-5-18-20-16(13-30-18)23-21(29)24-20/h7-8,11,16,18,20,27H,3-6,9-10,12-13,22H2,1-2H3,(H2,23,24,29). The van der Waals surface area contributed by atoms with Crippen LogP contribution in [0.4, 0.5) is 10.5 Å². The first-order valence-electron chi connectivity index (χ1n) is 10.5. The van der Waals surface area contributed by atoms with Gasteiger partial charge in [-0.15, -0.1) is 0 Å². The van der Waals surface area contributed by atoms with E-state index >= 15 is 0 Å². The minimum atomic E-state index is -0.0528. The van der Waals surface area contributed by atoms with E-state index in [1.54, 1.807) is 23.1 Å². The second-order valence-corrected chi connectivity index (χ2v) is 9.58. The predicted molar refractivity (Wildman–Crippen MR) is 120 cm³/mol. The van der Waals surface area contributed by atoms with Gasteiger partial charge in [-0.3, -0.25) is 4.79 Å². The average Bonchev–Trinajstić information content (AvgIpc) is 3.25. The van der Waals surface area contributed by atoms with Gasteiger partial charge in [-0.1, -0.05) is 6.42 Å². The molecule has 0 saturated carbocycles. The van der Waals surface area contributed by atoms with E-state index in [0.717, 1.165) is 30.6 Å². The van der Waals surface area contributed by atoms with Crippen LogP contribution >= 0.6 is 11.8 Å². The Kier molecular flexibility index (Phi) is 7.71. The summed E-state index contributed by atoms with van der Waals surface area (Å²) in [7, 11) is 3.80. The molecule has 3 rings (SSSR count). The van der Waals surface area contributed by atoms with Crippen LogP contribution in [0.2, 0.25) is 0 Å². The lowest BCUT2D eigenvalue weighted by atomic mass is 10.0. The molecule has 0 bridgehead atoms. The van der Waals surface area contributed by atoms with Crippen molar-refractivity contribution >= 4 is 29.4 Å². The van der Waals surface area contributed by atoms with E-state index in [2.05, 4.69) is 15.5 Å². The Hall–Kier alpha value is -2.13. The number of likely N-dealkylation sites (N-methyl/N-ethyl adjacent to an activating group) is 2. The van der Waals surface area contributed by atoms with E-state index in [9.17, 15) is 14.7 Å². The van der Waals surface area contributed by atoms with Gasteiger partial charge in [0.15, 0.2) is 0 Å². The molecule has 2 aliphatic heterocycles. The number of carbonyl (C=O) groups is 2. The smallest absolute Gasteiger partial charge is 0.315 e. The fourth-order valence-electron chi connectivity index (χ4n) is 4.00. The van der Waals surface area contributed by atoms with Gasteiger partial charge in [0, 0.05) is 55.4 Å². The highest BCUT2D eigenvalue weighted by Gasteiger charge is 2.42. The number of thioether (sulfide) groups is 1. The van der Waals surface area contributed by atoms with Crippen molar-refractivity contribution in [2.75, 3.05) is 38.7 Å². The van der Waals surface area contributed by atoms with Crippen LogP contribution in [0.1, 0.15) is 31.2 Å². The fraction of sp³-hybridized carbons (Fsp3) is 0.619. The van der Waals surface area contributed by atoms with Crippen LogP contribution in [0.3, 0.4) is 0 Å². The Balaban J connectivity index is 1.31. The number of anilines is 1. The van der Waals surface area contributed by atoms with Crippen LogP contribution < -0.4 is 16.4 Å². The molecular weight excluding hydrogens is 402 g/mol. The lowest BCUT2D eigenvalue weighted by Gasteiger charge is -2.23. The largest absolute Gasteiger partial charge is 0.508 e. The third-order valence-electron chi connectivity index (χ3n) is 5.85. The second-order valence-electron chi connectivity index (χ2n) is 8.31. The van der Waals surface area contributed by atoms with Gasteiger partial charge >= 0.3 is 6.03 Å². The molecule has 3 atom stereocenters. The molecule has 0 aromatic heterocycles. The summed E-state index contributed by atoms with van der Waals surface area (Å²) in [4.78, 5) is 27.7. The van der Waals surface area contributed by atoms with E-state index in [1.165, 1.54) is 0 Å². The van der Waals surface area contributed by atoms with Crippen LogP contribution in [-0.4, -0.2) is 77.1 Å². The monoisotopic (exact) mass is 435 g/mol. The summed E-state index contributed by atoms with van der Waals surface area (Å²) in [5.74, 6) is 1.36. The number of hydrogen-bond acceptors (Lipinski definition) is 6. The molecule has 2 fully saturated rings. The average molecular weight is 436 g/mol. The highest BCUT2D eigenvalue weighted by molar-refractivity contribution is 8.00. The van der Waals surface area contributed by atoms with E-state index in [0.29, 0.717) is 37.0 Å². The maximum Gasteiger partial charge on any atom is 0.315 e. The van der Waals surface area contributed by atoms with Crippen LogP contribution in [0, 0.1) is 0 Å². The molecule has 3 amide bonds. The molecule has 0 radical (unpaired) electrons. The molecule has 2 aliphatic rings. The summed E-state index contributed by atoms with van der Waals surface area (Å²) < 4.78 is 0. The lowest BCUT2D eigenvalue weighted by molar-refractivity contribution is -0.130. The number of benzene rings is 1. The Morgan fingerprint density at radius 3 is 2.87 bits per heavy atom. The number of urea groups is 1. The number of nitrogens with zero attached hydrogens (tertiary/aromatic N) is 2. The molecule has 8 nitrogen and oxygen atoms in total. The highest BCUT2D eigenvalue weighted by Crippen LogP contribution is 2.33. The third-order valence-corrected chi connectivity index (χ3v) is 7.36. The first kappa shape index (κ1) is 22.6. The number of amides is 3. The number of unbranched alkanes of at least 4 members (excludes halogenated alkanes) is 1.